The van der Waals surface area contributed by atoms with Gasteiger partial charge in [-0.2, -0.15) is 13.2 Å². The van der Waals surface area contributed by atoms with Gasteiger partial charge in [-0.25, -0.2) is 14.8 Å². The maximum atomic E-state index is 12.8. The van der Waals surface area contributed by atoms with E-state index in [1.165, 1.54) is 7.11 Å². The van der Waals surface area contributed by atoms with Crippen molar-refractivity contribution in [2.45, 2.75) is 43.6 Å². The van der Waals surface area contributed by atoms with Crippen molar-refractivity contribution in [1.29, 1.82) is 0 Å². The Kier molecular flexibility index (Phi) is 7.72. The van der Waals surface area contributed by atoms with Gasteiger partial charge in [0, 0.05) is 51.6 Å². The lowest BCUT2D eigenvalue weighted by atomic mass is 10.0. The highest BCUT2D eigenvalue weighted by Gasteiger charge is 2.38. The number of ether oxygens (including phenoxy) is 2. The molecule has 3 rings (SSSR count). The molecule has 0 radical (unpaired) electrons. The first-order chi connectivity index (χ1) is 15.2. The van der Waals surface area contributed by atoms with Gasteiger partial charge in [0.05, 0.1) is 24.8 Å². The second kappa shape index (κ2) is 10.3. The molecule has 0 aromatic carbocycles. The van der Waals surface area contributed by atoms with Crippen LogP contribution >= 0.6 is 0 Å². The highest BCUT2D eigenvalue weighted by molar-refractivity contribution is 5.83. The van der Waals surface area contributed by atoms with Gasteiger partial charge in [-0.15, -0.1) is 0 Å². The van der Waals surface area contributed by atoms with Crippen molar-refractivity contribution >= 4 is 17.9 Å². The van der Waals surface area contributed by atoms with Crippen LogP contribution < -0.4 is 10.2 Å². The van der Waals surface area contributed by atoms with Gasteiger partial charge in [-0.1, -0.05) is 0 Å². The lowest BCUT2D eigenvalue weighted by Crippen LogP contribution is -2.47. The lowest BCUT2D eigenvalue weighted by molar-refractivity contribution is -0.140. The van der Waals surface area contributed by atoms with Gasteiger partial charge in [0.2, 0.25) is 5.95 Å². The molecule has 1 unspecified atom stereocenters. The Hall–Kier alpha value is -2.67. The number of likely N-dealkylation sites (tertiary alicyclic amines) is 1. The van der Waals surface area contributed by atoms with Gasteiger partial charge in [0.25, 0.3) is 5.91 Å². The summed E-state index contributed by atoms with van der Waals surface area (Å²) in [5.41, 5.74) is -0.892. The molecule has 2 aliphatic heterocycles. The number of aromatic nitrogens is 2. The number of nitrogens with zero attached hydrogens (tertiary/aromatic N) is 4. The number of halogens is 3. The van der Waals surface area contributed by atoms with E-state index in [4.69, 9.17) is 14.6 Å². The minimum Gasteiger partial charge on any atom is -0.465 e. The molecule has 32 heavy (non-hydrogen) atoms. The normalized spacial score (nSPS) is 21.1. The second-order valence-electron chi connectivity index (χ2n) is 7.73. The first-order valence-electron chi connectivity index (χ1n) is 10.2. The monoisotopic (exact) mass is 461 g/mol. The number of amides is 2. The van der Waals surface area contributed by atoms with Crippen LogP contribution in [0.25, 0.3) is 0 Å². The van der Waals surface area contributed by atoms with Crippen molar-refractivity contribution < 1.29 is 37.3 Å². The number of carbonyl (C=O) groups is 2. The molecule has 2 aliphatic rings. The molecule has 2 N–H and O–H groups in total. The minimum absolute atomic E-state index is 0.00582. The molecular formula is C19H26F3N5O5. The molecule has 0 spiro atoms. The van der Waals surface area contributed by atoms with Crippen LogP contribution in [-0.2, 0) is 20.4 Å². The molecule has 2 saturated heterocycles. The summed E-state index contributed by atoms with van der Waals surface area (Å²) < 4.78 is 48.6. The van der Waals surface area contributed by atoms with E-state index < -0.39 is 30.0 Å². The molecule has 1 aromatic heterocycles. The van der Waals surface area contributed by atoms with Crippen molar-refractivity contribution in [2.75, 3.05) is 44.9 Å². The zero-order valence-electron chi connectivity index (χ0n) is 17.5. The average molecular weight is 461 g/mol. The highest BCUT2D eigenvalue weighted by Crippen LogP contribution is 2.29. The minimum atomic E-state index is -4.48. The molecule has 2 amide bonds. The summed E-state index contributed by atoms with van der Waals surface area (Å²) >= 11 is 0. The fraction of sp³-hybridized carbons (Fsp3) is 0.684. The predicted molar refractivity (Wildman–Crippen MR) is 105 cm³/mol. The van der Waals surface area contributed by atoms with Crippen LogP contribution in [0.2, 0.25) is 0 Å². The van der Waals surface area contributed by atoms with E-state index in [-0.39, 0.29) is 31.1 Å². The number of hydrogen-bond donors (Lipinski definition) is 2. The predicted octanol–water partition coefficient (Wildman–Crippen LogP) is 1.36. The number of piperidine rings is 1. The third-order valence-corrected chi connectivity index (χ3v) is 5.54. The van der Waals surface area contributed by atoms with Gasteiger partial charge >= 0.3 is 12.3 Å². The van der Waals surface area contributed by atoms with Crippen molar-refractivity contribution in [1.82, 2.24) is 20.2 Å². The maximum Gasteiger partial charge on any atom is 0.419 e. The maximum absolute atomic E-state index is 12.8. The van der Waals surface area contributed by atoms with Crippen LogP contribution in [0.1, 0.15) is 24.8 Å². The largest absolute Gasteiger partial charge is 0.465 e. The van der Waals surface area contributed by atoms with E-state index >= 15 is 0 Å². The Balaban J connectivity index is 1.48. The van der Waals surface area contributed by atoms with Crippen LogP contribution in [0.15, 0.2) is 12.4 Å². The molecule has 2 atom stereocenters. The second-order valence-corrected chi connectivity index (χ2v) is 7.73. The first kappa shape index (κ1) is 24.0. The van der Waals surface area contributed by atoms with Gasteiger partial charge in [-0.05, 0) is 12.8 Å². The summed E-state index contributed by atoms with van der Waals surface area (Å²) in [4.78, 5) is 34.8. The molecule has 0 saturated carbocycles. The van der Waals surface area contributed by atoms with Crippen LogP contribution in [0.5, 0.6) is 0 Å². The highest BCUT2D eigenvalue weighted by atomic mass is 19.4. The summed E-state index contributed by atoms with van der Waals surface area (Å²) in [5, 5.41) is 11.1. The first-order valence-corrected chi connectivity index (χ1v) is 10.2. The molecular weight excluding hydrogens is 435 g/mol. The van der Waals surface area contributed by atoms with E-state index in [1.807, 2.05) is 0 Å². The summed E-state index contributed by atoms with van der Waals surface area (Å²) in [5.74, 6) is 0.0984. The summed E-state index contributed by atoms with van der Waals surface area (Å²) in [6.07, 6.45) is -2.99. The van der Waals surface area contributed by atoms with Crippen molar-refractivity contribution in [3.63, 3.8) is 0 Å². The van der Waals surface area contributed by atoms with E-state index in [0.717, 1.165) is 12.4 Å². The van der Waals surface area contributed by atoms with Crippen LogP contribution in [0.4, 0.5) is 23.9 Å². The molecule has 1 aromatic rings. The fourth-order valence-electron chi connectivity index (χ4n) is 3.94. The third kappa shape index (κ3) is 5.97. The van der Waals surface area contributed by atoms with E-state index in [1.54, 1.807) is 9.80 Å². The number of hydrogen-bond acceptors (Lipinski definition) is 7. The number of nitrogens with one attached hydrogen (secondary N) is 1. The van der Waals surface area contributed by atoms with Gasteiger partial charge < -0.3 is 29.7 Å². The molecule has 178 valence electrons. The molecule has 0 bridgehead atoms. The number of carbonyl (C=O) groups excluding carboxylic acids is 1. The standard InChI is InChI=1S/C19H26F3N5O5/c1-31-10-13(25-18(29)30)11-32-15-4-7-27(16(15)28)14-2-5-26(6-3-14)17-23-8-12(9-24-17)19(20,21)22/h8-9,13-15,25H,2-7,10-11H2,1H3,(H,29,30)/t13-,15?/m0/s1. The van der Waals surface area contributed by atoms with Crippen LogP contribution in [0.3, 0.4) is 0 Å². The van der Waals surface area contributed by atoms with Crippen LogP contribution in [-0.4, -0.2) is 90.1 Å². The zero-order chi connectivity index (χ0) is 23.3. The third-order valence-electron chi connectivity index (χ3n) is 5.54. The summed E-state index contributed by atoms with van der Waals surface area (Å²) in [7, 11) is 1.45. The number of carboxylic acid groups (broad SMARTS) is 1. The summed E-state index contributed by atoms with van der Waals surface area (Å²) in [6, 6.07) is -0.583. The zero-order valence-corrected chi connectivity index (χ0v) is 17.5. The Bertz CT molecular complexity index is 787. The molecule has 13 heteroatoms. The quantitative estimate of drug-likeness (QED) is 0.596. The number of rotatable bonds is 8. The lowest BCUT2D eigenvalue weighted by Gasteiger charge is -2.36. The molecule has 10 nitrogen and oxygen atoms in total. The van der Waals surface area contributed by atoms with Gasteiger partial charge in [0.1, 0.15) is 6.10 Å². The molecule has 2 fully saturated rings. The average Bonchev–Trinajstić information content (AvgIpc) is 3.12. The number of anilines is 1. The summed E-state index contributed by atoms with van der Waals surface area (Å²) in [6.45, 7) is 1.72. The number of alkyl halides is 3. The topological polar surface area (TPSA) is 117 Å². The van der Waals surface area contributed by atoms with Crippen LogP contribution in [0, 0.1) is 0 Å². The Morgan fingerprint density at radius 2 is 1.88 bits per heavy atom. The van der Waals surface area contributed by atoms with Crippen molar-refractivity contribution in [2.24, 2.45) is 0 Å². The van der Waals surface area contributed by atoms with E-state index in [2.05, 4.69) is 15.3 Å². The molecule has 3 heterocycles. The van der Waals surface area contributed by atoms with Crippen molar-refractivity contribution in [3.8, 4) is 0 Å². The molecule has 0 aliphatic carbocycles. The fourth-order valence-corrected chi connectivity index (χ4v) is 3.94. The van der Waals surface area contributed by atoms with Crippen molar-refractivity contribution in [3.05, 3.63) is 18.0 Å². The SMILES string of the molecule is COC[C@@H](COC1CCN(C2CCN(c3ncc(C(F)(F)F)cn3)CC2)C1=O)NC(=O)O. The number of methoxy groups -OCH3 is 1. The Morgan fingerprint density at radius 1 is 1.22 bits per heavy atom. The smallest absolute Gasteiger partial charge is 0.419 e. The van der Waals surface area contributed by atoms with Gasteiger partial charge in [0.15, 0.2) is 0 Å². The Labute approximate surface area is 182 Å². The van der Waals surface area contributed by atoms with E-state index in [9.17, 15) is 22.8 Å². The van der Waals surface area contributed by atoms with E-state index in [0.29, 0.717) is 38.9 Å². The Morgan fingerprint density at radius 3 is 2.44 bits per heavy atom. The van der Waals surface area contributed by atoms with Gasteiger partial charge in [-0.3, -0.25) is 4.79 Å².